The van der Waals surface area contributed by atoms with Crippen LogP contribution in [0.3, 0.4) is 0 Å². The van der Waals surface area contributed by atoms with Gasteiger partial charge in [-0.1, -0.05) is 11.3 Å². The zero-order valence-corrected chi connectivity index (χ0v) is 18.2. The van der Waals surface area contributed by atoms with E-state index in [9.17, 15) is 13.2 Å². The number of amides is 2. The van der Waals surface area contributed by atoms with Crippen LogP contribution in [0.5, 0.6) is 11.5 Å². The third-order valence-electron chi connectivity index (χ3n) is 4.31. The highest BCUT2D eigenvalue weighted by atomic mass is 32.2. The van der Waals surface area contributed by atoms with E-state index in [1.165, 1.54) is 48.3 Å². The predicted molar refractivity (Wildman–Crippen MR) is 111 cm³/mol. The standard InChI is InChI=1S/C17H23N5O5S2/c1-21(2)29(24,25)22-6-5-14-15(10-22)28-17(19-14)20-16(23)18-11-7-12(26-3)9-13(8-11)27-4/h7-9H,5-6,10H2,1-4H3,(H2,18,19,20,23). The summed E-state index contributed by atoms with van der Waals surface area (Å²) in [7, 11) is 2.57. The zero-order chi connectivity index (χ0) is 21.2. The van der Waals surface area contributed by atoms with Crippen LogP contribution in [0.4, 0.5) is 15.6 Å². The average molecular weight is 442 g/mol. The van der Waals surface area contributed by atoms with Gasteiger partial charge in [-0.05, 0) is 0 Å². The van der Waals surface area contributed by atoms with Crippen LogP contribution in [0.1, 0.15) is 10.6 Å². The molecule has 0 atom stereocenters. The number of aromatic nitrogens is 1. The van der Waals surface area contributed by atoms with Gasteiger partial charge in [0.15, 0.2) is 5.13 Å². The third-order valence-corrected chi connectivity index (χ3v) is 7.20. The van der Waals surface area contributed by atoms with Crippen molar-refractivity contribution in [3.8, 4) is 11.5 Å². The number of benzene rings is 1. The molecule has 2 aromatic rings. The van der Waals surface area contributed by atoms with Crippen LogP contribution in [0, 0.1) is 0 Å². The Labute approximate surface area is 173 Å². The lowest BCUT2D eigenvalue weighted by molar-refractivity contribution is 0.262. The van der Waals surface area contributed by atoms with Crippen molar-refractivity contribution >= 4 is 38.4 Å². The number of hydrogen-bond donors (Lipinski definition) is 2. The Bertz CT molecular complexity index is 983. The quantitative estimate of drug-likeness (QED) is 0.709. The van der Waals surface area contributed by atoms with Gasteiger partial charge in [0, 0.05) is 55.8 Å². The molecule has 0 fully saturated rings. The fraction of sp³-hybridized carbons (Fsp3) is 0.412. The fourth-order valence-corrected chi connectivity index (χ4v) is 4.97. The van der Waals surface area contributed by atoms with Crippen LogP contribution in [0.15, 0.2) is 18.2 Å². The monoisotopic (exact) mass is 441 g/mol. The molecule has 1 aromatic heterocycles. The molecule has 0 aliphatic carbocycles. The molecule has 1 aliphatic rings. The van der Waals surface area contributed by atoms with Gasteiger partial charge in [-0.2, -0.15) is 17.0 Å². The van der Waals surface area contributed by atoms with Gasteiger partial charge in [0.25, 0.3) is 10.2 Å². The maximum Gasteiger partial charge on any atom is 0.325 e. The van der Waals surface area contributed by atoms with Crippen LogP contribution in [-0.4, -0.2) is 62.9 Å². The Morgan fingerprint density at radius 1 is 1.17 bits per heavy atom. The number of carbonyl (C=O) groups is 1. The van der Waals surface area contributed by atoms with Crippen LogP contribution in [0.25, 0.3) is 0 Å². The first-order chi connectivity index (χ1) is 13.7. The zero-order valence-electron chi connectivity index (χ0n) is 16.6. The number of thiazole rings is 1. The van der Waals surface area contributed by atoms with E-state index in [2.05, 4.69) is 15.6 Å². The molecule has 0 unspecified atom stereocenters. The summed E-state index contributed by atoms with van der Waals surface area (Å²) >= 11 is 1.26. The van der Waals surface area contributed by atoms with E-state index < -0.39 is 16.2 Å². The third kappa shape index (κ3) is 4.78. The molecular weight excluding hydrogens is 418 g/mol. The number of rotatable bonds is 6. The molecule has 1 aliphatic heterocycles. The Morgan fingerprint density at radius 3 is 2.41 bits per heavy atom. The van der Waals surface area contributed by atoms with E-state index in [4.69, 9.17) is 9.47 Å². The molecule has 1 aromatic carbocycles. The molecule has 3 rings (SSSR count). The Kier molecular flexibility index (Phi) is 6.27. The predicted octanol–water partition coefficient (Wildman–Crippen LogP) is 1.97. The van der Waals surface area contributed by atoms with Crippen molar-refractivity contribution in [2.75, 3.05) is 45.5 Å². The van der Waals surface area contributed by atoms with Crippen molar-refractivity contribution in [3.05, 3.63) is 28.8 Å². The van der Waals surface area contributed by atoms with E-state index >= 15 is 0 Å². The molecule has 0 bridgehead atoms. The second-order valence-electron chi connectivity index (χ2n) is 6.44. The van der Waals surface area contributed by atoms with E-state index in [1.807, 2.05) is 0 Å². The first-order valence-electron chi connectivity index (χ1n) is 8.70. The lowest BCUT2D eigenvalue weighted by Crippen LogP contribution is -2.42. The molecule has 0 saturated carbocycles. The highest BCUT2D eigenvalue weighted by molar-refractivity contribution is 7.86. The van der Waals surface area contributed by atoms with E-state index in [0.29, 0.717) is 35.3 Å². The minimum atomic E-state index is -3.49. The Morgan fingerprint density at radius 2 is 1.83 bits per heavy atom. The summed E-state index contributed by atoms with van der Waals surface area (Å²) in [5.41, 5.74) is 1.31. The number of ether oxygens (including phenoxy) is 2. The smallest absolute Gasteiger partial charge is 0.325 e. The highest BCUT2D eigenvalue weighted by Crippen LogP contribution is 2.30. The number of anilines is 2. The summed E-state index contributed by atoms with van der Waals surface area (Å²) < 4.78 is 37.6. The van der Waals surface area contributed by atoms with Crippen molar-refractivity contribution < 1.29 is 22.7 Å². The summed E-state index contributed by atoms with van der Waals surface area (Å²) in [6.45, 7) is 0.594. The van der Waals surface area contributed by atoms with Gasteiger partial charge in [-0.3, -0.25) is 5.32 Å². The van der Waals surface area contributed by atoms with Crippen LogP contribution in [0.2, 0.25) is 0 Å². The second-order valence-corrected chi connectivity index (χ2v) is 9.67. The summed E-state index contributed by atoms with van der Waals surface area (Å²) in [4.78, 5) is 17.6. The van der Waals surface area contributed by atoms with Crippen LogP contribution >= 0.6 is 11.3 Å². The molecule has 0 radical (unpaired) electrons. The number of urea groups is 1. The van der Waals surface area contributed by atoms with Gasteiger partial charge in [0.2, 0.25) is 0 Å². The van der Waals surface area contributed by atoms with Crippen molar-refractivity contribution in [1.29, 1.82) is 0 Å². The number of nitrogens with one attached hydrogen (secondary N) is 2. The van der Waals surface area contributed by atoms with Gasteiger partial charge in [0.05, 0.1) is 26.5 Å². The number of hydrogen-bond acceptors (Lipinski definition) is 7. The number of nitrogens with zero attached hydrogens (tertiary/aromatic N) is 3. The maximum atomic E-state index is 12.4. The van der Waals surface area contributed by atoms with E-state index in [1.54, 1.807) is 18.2 Å². The minimum Gasteiger partial charge on any atom is -0.497 e. The van der Waals surface area contributed by atoms with Crippen molar-refractivity contribution in [2.45, 2.75) is 13.0 Å². The van der Waals surface area contributed by atoms with Crippen molar-refractivity contribution in [2.24, 2.45) is 0 Å². The molecule has 158 valence electrons. The van der Waals surface area contributed by atoms with Gasteiger partial charge in [0.1, 0.15) is 11.5 Å². The number of fused-ring (bicyclic) bond motifs is 1. The molecule has 0 saturated heterocycles. The van der Waals surface area contributed by atoms with Gasteiger partial charge >= 0.3 is 6.03 Å². The van der Waals surface area contributed by atoms with Gasteiger partial charge in [-0.25, -0.2) is 9.78 Å². The average Bonchev–Trinajstić information content (AvgIpc) is 3.08. The second kappa shape index (κ2) is 8.53. The topological polar surface area (TPSA) is 113 Å². The maximum absolute atomic E-state index is 12.4. The summed E-state index contributed by atoms with van der Waals surface area (Å²) in [6.07, 6.45) is 0.495. The SMILES string of the molecule is COc1cc(NC(=O)Nc2nc3c(s2)CN(S(=O)(=O)N(C)C)CC3)cc(OC)c1. The summed E-state index contributed by atoms with van der Waals surface area (Å²) in [5, 5.41) is 5.82. The Hall–Kier alpha value is -2.41. The fourth-order valence-electron chi connectivity index (χ4n) is 2.79. The van der Waals surface area contributed by atoms with Gasteiger partial charge < -0.3 is 14.8 Å². The molecular formula is C17H23N5O5S2. The lowest BCUT2D eigenvalue weighted by atomic mass is 10.2. The minimum absolute atomic E-state index is 0.240. The summed E-state index contributed by atoms with van der Waals surface area (Å²) in [5.74, 6) is 1.10. The first-order valence-corrected chi connectivity index (χ1v) is 10.9. The molecule has 2 N–H and O–H groups in total. The molecule has 2 amide bonds. The normalized spacial score (nSPS) is 14.4. The summed E-state index contributed by atoms with van der Waals surface area (Å²) in [6, 6.07) is 4.56. The number of methoxy groups -OCH3 is 2. The van der Waals surface area contributed by atoms with Crippen molar-refractivity contribution in [1.82, 2.24) is 13.6 Å². The number of carbonyl (C=O) groups excluding carboxylic acids is 1. The lowest BCUT2D eigenvalue weighted by Gasteiger charge is -2.27. The van der Waals surface area contributed by atoms with E-state index in [-0.39, 0.29) is 6.54 Å². The molecule has 12 heteroatoms. The highest BCUT2D eigenvalue weighted by Gasteiger charge is 2.30. The Balaban J connectivity index is 1.69. The first kappa shape index (κ1) is 21.3. The van der Waals surface area contributed by atoms with Crippen molar-refractivity contribution in [3.63, 3.8) is 0 Å². The molecule has 29 heavy (non-hydrogen) atoms. The molecule has 2 heterocycles. The van der Waals surface area contributed by atoms with Crippen LogP contribution < -0.4 is 20.1 Å². The van der Waals surface area contributed by atoms with Crippen LogP contribution in [-0.2, 0) is 23.2 Å². The largest absolute Gasteiger partial charge is 0.497 e. The van der Waals surface area contributed by atoms with E-state index in [0.717, 1.165) is 10.6 Å². The molecule has 10 nitrogen and oxygen atoms in total. The van der Waals surface area contributed by atoms with Gasteiger partial charge in [-0.15, -0.1) is 0 Å². The molecule has 0 spiro atoms.